The summed E-state index contributed by atoms with van der Waals surface area (Å²) in [7, 11) is 1.35. The third kappa shape index (κ3) is 3.04. The smallest absolute Gasteiger partial charge is 0.338 e. The Morgan fingerprint density at radius 3 is 2.58 bits per heavy atom. The Labute approximate surface area is 157 Å². The van der Waals surface area contributed by atoms with Crippen LogP contribution in [0.25, 0.3) is 0 Å². The summed E-state index contributed by atoms with van der Waals surface area (Å²) in [4.78, 5) is 12.0. The highest BCUT2D eigenvalue weighted by Crippen LogP contribution is 2.46. The van der Waals surface area contributed by atoms with Gasteiger partial charge in [0.15, 0.2) is 17.3 Å². The van der Waals surface area contributed by atoms with Crippen molar-refractivity contribution in [3.8, 4) is 11.5 Å². The molecule has 1 saturated carbocycles. The summed E-state index contributed by atoms with van der Waals surface area (Å²) in [6.07, 6.45) is 3.56. The molecule has 1 aromatic rings. The van der Waals surface area contributed by atoms with E-state index < -0.39 is 5.97 Å². The third-order valence-corrected chi connectivity index (χ3v) is 5.92. The fourth-order valence-corrected chi connectivity index (χ4v) is 4.37. The Bertz CT molecular complexity index is 702. The molecule has 0 bridgehead atoms. The molecule has 1 aromatic carbocycles. The minimum Gasteiger partial charge on any atom is -0.484 e. The molecule has 3 aliphatic rings. The molecule has 2 heterocycles. The van der Waals surface area contributed by atoms with Crippen LogP contribution in [0, 0.1) is 12.8 Å². The standard InChI is InChI=1S/C19H23ClO6/c1-11-13(18(21)22-2)9-14(20)17-16(11)26-15(10-23-17)12-3-5-19(6-4-12)24-7-8-25-19/h9,12,15H,3-8,10H2,1-2H3/t15-/m0/s1. The van der Waals surface area contributed by atoms with Crippen molar-refractivity contribution in [3.05, 3.63) is 22.2 Å². The molecule has 1 aliphatic carbocycles. The van der Waals surface area contributed by atoms with Crippen LogP contribution in [0.4, 0.5) is 0 Å². The number of carbonyl (C=O) groups excluding carboxylic acids is 1. The van der Waals surface area contributed by atoms with Gasteiger partial charge in [0.05, 0.1) is 30.9 Å². The first-order valence-electron chi connectivity index (χ1n) is 9.02. The lowest BCUT2D eigenvalue weighted by Gasteiger charge is -2.40. The van der Waals surface area contributed by atoms with Gasteiger partial charge in [0.1, 0.15) is 12.7 Å². The van der Waals surface area contributed by atoms with Gasteiger partial charge in [-0.25, -0.2) is 4.79 Å². The van der Waals surface area contributed by atoms with E-state index in [1.165, 1.54) is 7.11 Å². The zero-order valence-electron chi connectivity index (χ0n) is 15.0. The van der Waals surface area contributed by atoms with Crippen LogP contribution in [0.15, 0.2) is 6.07 Å². The summed E-state index contributed by atoms with van der Waals surface area (Å²) in [5.74, 6) is 0.571. The molecule has 2 aliphatic heterocycles. The zero-order chi connectivity index (χ0) is 18.3. The number of ether oxygens (including phenoxy) is 5. The SMILES string of the molecule is COC(=O)c1cc(Cl)c2c(c1C)O[C@H](C1CCC3(CC1)OCCO3)CO2. The maximum Gasteiger partial charge on any atom is 0.338 e. The van der Waals surface area contributed by atoms with Crippen LogP contribution in [0.3, 0.4) is 0 Å². The summed E-state index contributed by atoms with van der Waals surface area (Å²) >= 11 is 6.29. The average molecular weight is 383 g/mol. The van der Waals surface area contributed by atoms with Crippen LogP contribution in [0.1, 0.15) is 41.6 Å². The highest BCUT2D eigenvalue weighted by molar-refractivity contribution is 6.32. The van der Waals surface area contributed by atoms with Crippen molar-refractivity contribution in [2.24, 2.45) is 5.92 Å². The van der Waals surface area contributed by atoms with Crippen LogP contribution in [-0.2, 0) is 14.2 Å². The number of fused-ring (bicyclic) bond motifs is 1. The van der Waals surface area contributed by atoms with Gasteiger partial charge in [-0.1, -0.05) is 11.6 Å². The van der Waals surface area contributed by atoms with Crippen molar-refractivity contribution in [2.45, 2.75) is 44.5 Å². The number of rotatable bonds is 2. The normalized spacial score (nSPS) is 24.7. The van der Waals surface area contributed by atoms with Crippen molar-refractivity contribution >= 4 is 17.6 Å². The molecule has 0 amide bonds. The molecule has 142 valence electrons. The second-order valence-corrected chi connectivity index (χ2v) is 7.50. The number of carbonyl (C=O) groups is 1. The minimum absolute atomic E-state index is 0.0797. The second-order valence-electron chi connectivity index (χ2n) is 7.09. The molecule has 1 saturated heterocycles. The molecule has 1 spiro atoms. The molecule has 0 aromatic heterocycles. The molecular formula is C19H23ClO6. The van der Waals surface area contributed by atoms with Crippen molar-refractivity contribution in [1.82, 2.24) is 0 Å². The molecule has 6 nitrogen and oxygen atoms in total. The van der Waals surface area contributed by atoms with E-state index in [1.54, 1.807) is 6.07 Å². The van der Waals surface area contributed by atoms with Crippen molar-refractivity contribution in [1.29, 1.82) is 0 Å². The van der Waals surface area contributed by atoms with E-state index in [9.17, 15) is 4.79 Å². The fraction of sp³-hybridized carbons (Fsp3) is 0.632. The Kier molecular flexibility index (Phi) is 4.75. The van der Waals surface area contributed by atoms with Gasteiger partial charge in [-0.05, 0) is 31.7 Å². The second kappa shape index (κ2) is 6.91. The predicted molar refractivity (Wildman–Crippen MR) is 94.0 cm³/mol. The van der Waals surface area contributed by atoms with Gasteiger partial charge >= 0.3 is 5.97 Å². The highest BCUT2D eigenvalue weighted by atomic mass is 35.5. The highest BCUT2D eigenvalue weighted by Gasteiger charge is 2.43. The van der Waals surface area contributed by atoms with Gasteiger partial charge in [0.25, 0.3) is 0 Å². The average Bonchev–Trinajstić information content (AvgIpc) is 3.12. The molecule has 2 fully saturated rings. The molecule has 0 unspecified atom stereocenters. The predicted octanol–water partition coefficient (Wildman–Crippen LogP) is 3.51. The van der Waals surface area contributed by atoms with E-state index in [0.29, 0.717) is 53.4 Å². The Hall–Kier alpha value is -1.50. The molecule has 7 heteroatoms. The minimum atomic E-state index is -0.437. The van der Waals surface area contributed by atoms with Crippen LogP contribution in [0.2, 0.25) is 5.02 Å². The maximum absolute atomic E-state index is 12.0. The van der Waals surface area contributed by atoms with Gasteiger partial charge in [-0.15, -0.1) is 0 Å². The van der Waals surface area contributed by atoms with Gasteiger partial charge in [0, 0.05) is 18.4 Å². The zero-order valence-corrected chi connectivity index (χ0v) is 15.8. The van der Waals surface area contributed by atoms with E-state index in [-0.39, 0.29) is 11.9 Å². The summed E-state index contributed by atoms with van der Waals surface area (Å²) in [5, 5.41) is 0.361. The summed E-state index contributed by atoms with van der Waals surface area (Å²) in [6.45, 7) is 3.62. The summed E-state index contributed by atoms with van der Waals surface area (Å²) in [6, 6.07) is 1.57. The molecule has 1 atom stereocenters. The number of esters is 1. The van der Waals surface area contributed by atoms with E-state index in [1.807, 2.05) is 6.92 Å². The Morgan fingerprint density at radius 2 is 1.92 bits per heavy atom. The third-order valence-electron chi connectivity index (χ3n) is 5.64. The van der Waals surface area contributed by atoms with Crippen LogP contribution in [-0.4, -0.2) is 44.8 Å². The van der Waals surface area contributed by atoms with Crippen molar-refractivity contribution in [2.75, 3.05) is 26.9 Å². The lowest BCUT2D eigenvalue weighted by atomic mass is 9.81. The molecule has 0 N–H and O–H groups in total. The van der Waals surface area contributed by atoms with Crippen molar-refractivity contribution in [3.63, 3.8) is 0 Å². The van der Waals surface area contributed by atoms with Gasteiger partial charge in [0.2, 0.25) is 0 Å². The number of methoxy groups -OCH3 is 1. The Balaban J connectivity index is 1.52. The largest absolute Gasteiger partial charge is 0.484 e. The number of hydrogen-bond acceptors (Lipinski definition) is 6. The molecule has 0 radical (unpaired) electrons. The molecular weight excluding hydrogens is 360 g/mol. The van der Waals surface area contributed by atoms with Crippen molar-refractivity contribution < 1.29 is 28.5 Å². The summed E-state index contributed by atoms with van der Waals surface area (Å²) in [5.41, 5.74) is 1.09. The quantitative estimate of drug-likeness (QED) is 0.729. The monoisotopic (exact) mass is 382 g/mol. The van der Waals surface area contributed by atoms with Crippen LogP contribution < -0.4 is 9.47 Å². The number of benzene rings is 1. The van der Waals surface area contributed by atoms with E-state index >= 15 is 0 Å². The van der Waals surface area contributed by atoms with Crippen LogP contribution >= 0.6 is 11.6 Å². The van der Waals surface area contributed by atoms with Gasteiger partial charge < -0.3 is 23.7 Å². The first kappa shape index (κ1) is 17.9. The van der Waals surface area contributed by atoms with Crippen LogP contribution in [0.5, 0.6) is 11.5 Å². The topological polar surface area (TPSA) is 63.2 Å². The molecule has 4 rings (SSSR count). The van der Waals surface area contributed by atoms with E-state index in [2.05, 4.69) is 0 Å². The summed E-state index contributed by atoms with van der Waals surface area (Å²) < 4.78 is 28.6. The first-order chi connectivity index (χ1) is 12.5. The Morgan fingerprint density at radius 1 is 1.23 bits per heavy atom. The number of halogens is 1. The van der Waals surface area contributed by atoms with E-state index in [4.69, 9.17) is 35.3 Å². The van der Waals surface area contributed by atoms with Gasteiger partial charge in [-0.2, -0.15) is 0 Å². The first-order valence-corrected chi connectivity index (χ1v) is 9.39. The number of hydrogen-bond donors (Lipinski definition) is 0. The van der Waals surface area contributed by atoms with Gasteiger partial charge in [-0.3, -0.25) is 0 Å². The fourth-order valence-electron chi connectivity index (χ4n) is 4.12. The molecule has 26 heavy (non-hydrogen) atoms. The maximum atomic E-state index is 12.0. The van der Waals surface area contributed by atoms with E-state index in [0.717, 1.165) is 25.7 Å². The lowest BCUT2D eigenvalue weighted by Crippen LogP contribution is -2.43. The lowest BCUT2D eigenvalue weighted by molar-refractivity contribution is -0.187.